The van der Waals surface area contributed by atoms with Crippen LogP contribution in [0.15, 0.2) is 48.6 Å². The van der Waals surface area contributed by atoms with E-state index in [1.807, 2.05) is 36.5 Å². The Morgan fingerprint density at radius 1 is 0.655 bits per heavy atom. The number of aliphatic hydroxyl groups excluding tert-OH is 2. The van der Waals surface area contributed by atoms with Crippen LogP contribution in [0.25, 0.3) is 0 Å². The summed E-state index contributed by atoms with van der Waals surface area (Å²) in [6.45, 7) is 4.44. The van der Waals surface area contributed by atoms with Gasteiger partial charge in [-0.2, -0.15) is 0 Å². The van der Waals surface area contributed by atoms with Gasteiger partial charge in [0.05, 0.1) is 19.8 Å². The maximum atomic E-state index is 12.6. The number of ketones is 1. The lowest BCUT2D eigenvalue weighted by Gasteiger charge is -2.20. The molecule has 3 N–H and O–H groups in total. The number of carbonyl (C=O) groups is 3. The maximum absolute atomic E-state index is 12.6. The monoisotopic (exact) mass is 799 g/mol. The van der Waals surface area contributed by atoms with Crippen LogP contribution < -0.4 is 0 Å². The highest BCUT2D eigenvalue weighted by atomic mass is 31.2. The van der Waals surface area contributed by atoms with E-state index in [1.165, 1.54) is 51.4 Å². The van der Waals surface area contributed by atoms with E-state index in [0.29, 0.717) is 25.7 Å². The largest absolute Gasteiger partial charge is 0.472 e. The van der Waals surface area contributed by atoms with Crippen LogP contribution >= 0.6 is 7.82 Å². The van der Waals surface area contributed by atoms with Crippen molar-refractivity contribution in [2.24, 2.45) is 5.92 Å². The van der Waals surface area contributed by atoms with E-state index in [-0.39, 0.29) is 25.2 Å². The van der Waals surface area contributed by atoms with Gasteiger partial charge in [0, 0.05) is 19.3 Å². The van der Waals surface area contributed by atoms with Crippen molar-refractivity contribution >= 4 is 25.5 Å². The quantitative estimate of drug-likeness (QED) is 0.0136. The molecule has 0 spiro atoms. The second-order valence-electron chi connectivity index (χ2n) is 14.5. The third kappa shape index (κ3) is 38.3. The Kier molecular flexibility index (Phi) is 35.6. The van der Waals surface area contributed by atoms with Crippen molar-refractivity contribution in [3.63, 3.8) is 0 Å². The molecule has 0 aromatic rings. The maximum Gasteiger partial charge on any atom is 0.472 e. The van der Waals surface area contributed by atoms with E-state index in [0.717, 1.165) is 57.3 Å². The third-order valence-electron chi connectivity index (χ3n) is 8.64. The van der Waals surface area contributed by atoms with Gasteiger partial charge >= 0.3 is 19.8 Å². The Hall–Kier alpha value is -2.40. The number of carbonyl (C=O) groups excluding carboxylic acids is 3. The molecule has 0 saturated carbocycles. The molecule has 0 aliphatic carbocycles. The summed E-state index contributed by atoms with van der Waals surface area (Å²) in [5.74, 6) is -0.0779. The first-order chi connectivity index (χ1) is 26.5. The molecule has 0 aliphatic heterocycles. The summed E-state index contributed by atoms with van der Waals surface area (Å²) >= 11 is 0. The Morgan fingerprint density at radius 3 is 1.85 bits per heavy atom. The number of unbranched alkanes of at least 4 members (excludes halogenated alkanes) is 13. The minimum atomic E-state index is -4.64. The molecule has 318 valence electrons. The van der Waals surface area contributed by atoms with Gasteiger partial charge in [-0.05, 0) is 50.5 Å². The number of hydrogen-bond donors (Lipinski definition) is 3. The first-order valence-electron chi connectivity index (χ1n) is 20.9. The van der Waals surface area contributed by atoms with Crippen LogP contribution in [0.2, 0.25) is 0 Å². The zero-order valence-electron chi connectivity index (χ0n) is 34.3. The molecule has 0 aromatic heterocycles. The van der Waals surface area contributed by atoms with Gasteiger partial charge in [-0.1, -0.05) is 147 Å². The second-order valence-corrected chi connectivity index (χ2v) is 16.0. The summed E-state index contributed by atoms with van der Waals surface area (Å²) in [7, 11) is -4.64. The normalized spacial score (nSPS) is 14.4. The van der Waals surface area contributed by atoms with Crippen molar-refractivity contribution in [3.8, 4) is 0 Å². The molecule has 0 heterocycles. The Bertz CT molecular complexity index is 1130. The van der Waals surface area contributed by atoms with Gasteiger partial charge in [0.2, 0.25) is 0 Å². The lowest BCUT2D eigenvalue weighted by molar-refractivity contribution is -0.161. The lowest BCUT2D eigenvalue weighted by atomic mass is 10.0. The van der Waals surface area contributed by atoms with E-state index in [1.54, 1.807) is 12.2 Å². The van der Waals surface area contributed by atoms with Crippen LogP contribution in [0.4, 0.5) is 0 Å². The Morgan fingerprint density at radius 2 is 1.22 bits per heavy atom. The number of allylic oxidation sites excluding steroid dienone is 8. The van der Waals surface area contributed by atoms with Gasteiger partial charge in [0.1, 0.15) is 12.7 Å². The van der Waals surface area contributed by atoms with Crippen molar-refractivity contribution in [1.29, 1.82) is 0 Å². The van der Waals surface area contributed by atoms with Crippen molar-refractivity contribution in [1.82, 2.24) is 0 Å². The average Bonchev–Trinajstić information content (AvgIpc) is 3.15. The number of aliphatic hydroxyl groups is 2. The van der Waals surface area contributed by atoms with Crippen LogP contribution in [0, 0.1) is 5.92 Å². The van der Waals surface area contributed by atoms with Gasteiger partial charge in [-0.25, -0.2) is 4.57 Å². The van der Waals surface area contributed by atoms with E-state index in [4.69, 9.17) is 19.1 Å². The molecule has 12 heteroatoms. The Labute approximate surface area is 332 Å². The zero-order valence-corrected chi connectivity index (χ0v) is 35.2. The number of hydrogen-bond acceptors (Lipinski definition) is 10. The standard InChI is InChI=1S/C43H75O11P/c1-4-5-24-30-39(45)31-26-21-17-13-9-7-11-15-19-23-28-33-43(48)54-41(37-53-55(49,50)52-35-40(46)34-44)36-51-42(47)32-27-22-18-14-10-6-8-12-16-20-25-29-38(2)3/h7,9,15,17,19,21,26,31,38,40-41,44,46H,4-6,8,10-14,16,18,20,22-25,27-30,32-37H2,1-3H3,(H,49,50)/b9-7-,19-15-,21-17-,31-26+/t40-,41+/m0/s1. The molecule has 0 aliphatic rings. The van der Waals surface area contributed by atoms with E-state index in [2.05, 4.69) is 25.3 Å². The molecule has 0 rings (SSSR count). The number of ether oxygens (including phenoxy) is 2. The topological polar surface area (TPSA) is 166 Å². The lowest BCUT2D eigenvalue weighted by Crippen LogP contribution is -2.29. The minimum Gasteiger partial charge on any atom is -0.462 e. The smallest absolute Gasteiger partial charge is 0.462 e. The molecule has 0 fully saturated rings. The first-order valence-corrected chi connectivity index (χ1v) is 22.4. The number of rotatable bonds is 38. The van der Waals surface area contributed by atoms with Gasteiger partial charge in [-0.15, -0.1) is 0 Å². The van der Waals surface area contributed by atoms with Crippen LogP contribution in [0.1, 0.15) is 162 Å². The molecule has 0 amide bonds. The summed E-state index contributed by atoms with van der Waals surface area (Å²) in [6.07, 6.45) is 33.6. The zero-order chi connectivity index (χ0) is 40.8. The highest BCUT2D eigenvalue weighted by molar-refractivity contribution is 7.47. The number of phosphoric acid groups is 1. The highest BCUT2D eigenvalue weighted by Gasteiger charge is 2.27. The van der Waals surface area contributed by atoms with Gasteiger partial charge < -0.3 is 24.6 Å². The molecule has 0 bridgehead atoms. The first kappa shape index (κ1) is 52.6. The van der Waals surface area contributed by atoms with Crippen LogP contribution in [-0.2, 0) is 37.5 Å². The molecule has 3 atom stereocenters. The molecule has 0 aromatic carbocycles. The Balaban J connectivity index is 4.47. The summed E-state index contributed by atoms with van der Waals surface area (Å²) in [4.78, 5) is 46.6. The van der Waals surface area contributed by atoms with Crippen LogP contribution in [-0.4, -0.2) is 71.5 Å². The predicted molar refractivity (Wildman–Crippen MR) is 219 cm³/mol. The molecular formula is C43H75O11P. The molecule has 11 nitrogen and oxygen atoms in total. The third-order valence-corrected chi connectivity index (χ3v) is 9.59. The van der Waals surface area contributed by atoms with Crippen molar-refractivity contribution in [3.05, 3.63) is 48.6 Å². The molecule has 1 unspecified atom stereocenters. The van der Waals surface area contributed by atoms with Gasteiger partial charge in [0.15, 0.2) is 11.9 Å². The highest BCUT2D eigenvalue weighted by Crippen LogP contribution is 2.43. The van der Waals surface area contributed by atoms with Crippen LogP contribution in [0.3, 0.4) is 0 Å². The molecule has 0 radical (unpaired) electrons. The van der Waals surface area contributed by atoms with Crippen molar-refractivity contribution in [2.75, 3.05) is 26.4 Å². The second kappa shape index (κ2) is 37.2. The fraction of sp³-hybridized carbons (Fsp3) is 0.744. The fourth-order valence-corrected chi connectivity index (χ4v) is 6.15. The minimum absolute atomic E-state index is 0.0817. The van der Waals surface area contributed by atoms with Crippen LogP contribution in [0.5, 0.6) is 0 Å². The summed E-state index contributed by atoms with van der Waals surface area (Å²) in [5, 5.41) is 18.3. The number of phosphoric ester groups is 1. The van der Waals surface area contributed by atoms with Crippen molar-refractivity contribution < 1.29 is 52.6 Å². The molecule has 55 heavy (non-hydrogen) atoms. The molecular weight excluding hydrogens is 723 g/mol. The van der Waals surface area contributed by atoms with Gasteiger partial charge in [-0.3, -0.25) is 23.4 Å². The summed E-state index contributed by atoms with van der Waals surface area (Å²) in [5.41, 5.74) is 0. The summed E-state index contributed by atoms with van der Waals surface area (Å²) in [6, 6.07) is 0. The summed E-state index contributed by atoms with van der Waals surface area (Å²) < 4.78 is 32.6. The fourth-order valence-electron chi connectivity index (χ4n) is 5.36. The van der Waals surface area contributed by atoms with Crippen molar-refractivity contribution in [2.45, 2.75) is 174 Å². The average molecular weight is 799 g/mol. The molecule has 0 saturated heterocycles. The number of esters is 2. The van der Waals surface area contributed by atoms with E-state index >= 15 is 0 Å². The predicted octanol–water partition coefficient (Wildman–Crippen LogP) is 9.98. The van der Waals surface area contributed by atoms with Gasteiger partial charge in [0.25, 0.3) is 0 Å². The van der Waals surface area contributed by atoms with E-state index in [9.17, 15) is 28.9 Å². The SMILES string of the molecule is CCCCCC(=O)/C=C/C=C\C/C=C\C/C=C\CCCC(=O)O[C@H](COC(=O)CCCCCCCCCCCCCC(C)C)COP(=O)(O)OC[C@@H](O)CO. The van der Waals surface area contributed by atoms with E-state index < -0.39 is 51.8 Å².